The lowest BCUT2D eigenvalue weighted by Crippen LogP contribution is -2.03. The van der Waals surface area contributed by atoms with Crippen molar-refractivity contribution in [3.8, 4) is 0 Å². The zero-order chi connectivity index (χ0) is 14.3. The van der Waals surface area contributed by atoms with Crippen molar-refractivity contribution < 1.29 is 13.6 Å². The Balaban J connectivity index is 2.15. The molecular formula is C15H8BrF2NO. The first kappa shape index (κ1) is 13.0. The quantitative estimate of drug-likeness (QED) is 0.690. The van der Waals surface area contributed by atoms with Gasteiger partial charge in [-0.3, -0.25) is 4.79 Å². The lowest BCUT2D eigenvalue weighted by Gasteiger charge is -2.02. The smallest absolute Gasteiger partial charge is 0.198 e. The molecule has 5 heteroatoms. The first-order chi connectivity index (χ1) is 9.56. The van der Waals surface area contributed by atoms with E-state index in [4.69, 9.17) is 0 Å². The van der Waals surface area contributed by atoms with Crippen molar-refractivity contribution in [2.75, 3.05) is 0 Å². The summed E-state index contributed by atoms with van der Waals surface area (Å²) < 4.78 is 27.5. The highest BCUT2D eigenvalue weighted by Crippen LogP contribution is 2.24. The summed E-state index contributed by atoms with van der Waals surface area (Å²) in [7, 11) is 0. The van der Waals surface area contributed by atoms with E-state index in [1.807, 2.05) is 0 Å². The fraction of sp³-hybridized carbons (Fsp3) is 0. The van der Waals surface area contributed by atoms with E-state index in [-0.39, 0.29) is 5.56 Å². The topological polar surface area (TPSA) is 32.9 Å². The second-order valence-corrected chi connectivity index (χ2v) is 5.26. The van der Waals surface area contributed by atoms with Crippen LogP contribution >= 0.6 is 15.9 Å². The number of benzene rings is 2. The van der Waals surface area contributed by atoms with Gasteiger partial charge in [0.15, 0.2) is 5.78 Å². The summed E-state index contributed by atoms with van der Waals surface area (Å²) in [5.74, 6) is -1.43. The van der Waals surface area contributed by atoms with Crippen LogP contribution in [0.1, 0.15) is 15.9 Å². The molecule has 0 atom stereocenters. The maximum absolute atomic E-state index is 13.8. The number of aromatic nitrogens is 1. The van der Waals surface area contributed by atoms with Crippen LogP contribution in [0.15, 0.2) is 47.1 Å². The molecule has 2 aromatic carbocycles. The Morgan fingerprint density at radius 1 is 1.05 bits per heavy atom. The molecule has 0 aliphatic rings. The number of nitrogens with one attached hydrogen (secondary N) is 1. The fourth-order valence-electron chi connectivity index (χ4n) is 2.10. The number of aromatic amines is 1. The summed E-state index contributed by atoms with van der Waals surface area (Å²) in [4.78, 5) is 15.2. The van der Waals surface area contributed by atoms with Gasteiger partial charge in [0, 0.05) is 27.1 Å². The van der Waals surface area contributed by atoms with Crippen LogP contribution in [-0.4, -0.2) is 10.8 Å². The summed E-state index contributed by atoms with van der Waals surface area (Å²) in [5, 5.41) is 0.566. The Bertz CT molecular complexity index is 826. The molecule has 0 bridgehead atoms. The number of fused-ring (bicyclic) bond motifs is 1. The molecular weight excluding hydrogens is 328 g/mol. The maximum Gasteiger partial charge on any atom is 0.198 e. The van der Waals surface area contributed by atoms with E-state index < -0.39 is 17.4 Å². The van der Waals surface area contributed by atoms with Crippen molar-refractivity contribution in [3.05, 3.63) is 69.8 Å². The summed E-state index contributed by atoms with van der Waals surface area (Å²) in [6, 6.07) is 8.25. The molecule has 0 saturated heterocycles. The summed E-state index contributed by atoms with van der Waals surface area (Å²) >= 11 is 3.21. The number of rotatable bonds is 2. The number of ketones is 1. The molecule has 0 aliphatic carbocycles. The second kappa shape index (κ2) is 4.83. The van der Waals surface area contributed by atoms with E-state index in [9.17, 15) is 13.6 Å². The third-order valence-corrected chi connectivity index (χ3v) is 3.55. The van der Waals surface area contributed by atoms with Crippen molar-refractivity contribution in [3.63, 3.8) is 0 Å². The number of H-pyrrole nitrogens is 1. The molecule has 0 aliphatic heterocycles. The van der Waals surface area contributed by atoms with E-state index in [0.29, 0.717) is 20.9 Å². The van der Waals surface area contributed by atoms with E-state index >= 15 is 0 Å². The van der Waals surface area contributed by atoms with Gasteiger partial charge in [0.2, 0.25) is 0 Å². The van der Waals surface area contributed by atoms with Crippen LogP contribution < -0.4 is 0 Å². The summed E-state index contributed by atoms with van der Waals surface area (Å²) in [6.45, 7) is 0. The molecule has 0 radical (unpaired) electrons. The predicted molar refractivity (Wildman–Crippen MR) is 75.8 cm³/mol. The van der Waals surface area contributed by atoms with Gasteiger partial charge in [-0.15, -0.1) is 0 Å². The molecule has 1 heterocycles. The fourth-order valence-corrected chi connectivity index (χ4v) is 2.46. The van der Waals surface area contributed by atoms with Crippen molar-refractivity contribution in [1.82, 2.24) is 4.98 Å². The molecule has 1 N–H and O–H groups in total. The van der Waals surface area contributed by atoms with Gasteiger partial charge in [0.05, 0.1) is 5.56 Å². The molecule has 0 spiro atoms. The Hall–Kier alpha value is -2.01. The zero-order valence-electron chi connectivity index (χ0n) is 10.1. The molecule has 0 saturated carbocycles. The first-order valence-corrected chi connectivity index (χ1v) is 6.62. The molecule has 100 valence electrons. The molecule has 0 fully saturated rings. The van der Waals surface area contributed by atoms with Crippen LogP contribution in [0.25, 0.3) is 10.9 Å². The Morgan fingerprint density at radius 3 is 2.65 bits per heavy atom. The van der Waals surface area contributed by atoms with Crippen LogP contribution in [0.3, 0.4) is 0 Å². The molecule has 3 aromatic rings. The minimum Gasteiger partial charge on any atom is -0.360 e. The maximum atomic E-state index is 13.8. The summed E-state index contributed by atoms with van der Waals surface area (Å²) in [5.41, 5.74) is 0.797. The van der Waals surface area contributed by atoms with Gasteiger partial charge in [-0.2, -0.15) is 0 Å². The first-order valence-electron chi connectivity index (χ1n) is 5.82. The lowest BCUT2D eigenvalue weighted by molar-refractivity contribution is 0.103. The molecule has 0 unspecified atom stereocenters. The third kappa shape index (κ3) is 2.14. The van der Waals surface area contributed by atoms with Gasteiger partial charge in [-0.25, -0.2) is 8.78 Å². The number of halogens is 3. The van der Waals surface area contributed by atoms with Crippen LogP contribution in [0, 0.1) is 11.6 Å². The third-order valence-electron chi connectivity index (χ3n) is 3.06. The Labute approximate surface area is 121 Å². The van der Waals surface area contributed by atoms with E-state index in [1.54, 1.807) is 0 Å². The Morgan fingerprint density at radius 2 is 1.85 bits per heavy atom. The SMILES string of the molecule is O=C(c1cc(Br)ccc1F)c1c[nH]c2cc(F)ccc12. The monoisotopic (exact) mass is 335 g/mol. The van der Waals surface area contributed by atoms with Gasteiger partial charge in [0.1, 0.15) is 11.6 Å². The zero-order valence-corrected chi connectivity index (χ0v) is 11.7. The molecule has 1 aromatic heterocycles. The van der Waals surface area contributed by atoms with E-state index in [2.05, 4.69) is 20.9 Å². The molecule has 2 nitrogen and oxygen atoms in total. The number of carbonyl (C=O) groups excluding carboxylic acids is 1. The van der Waals surface area contributed by atoms with Crippen molar-refractivity contribution in [1.29, 1.82) is 0 Å². The second-order valence-electron chi connectivity index (χ2n) is 4.35. The minimum atomic E-state index is -0.588. The molecule has 20 heavy (non-hydrogen) atoms. The summed E-state index contributed by atoms with van der Waals surface area (Å²) in [6.07, 6.45) is 1.47. The Kier molecular flexibility index (Phi) is 3.14. The highest BCUT2D eigenvalue weighted by atomic mass is 79.9. The van der Waals surface area contributed by atoms with Gasteiger partial charge >= 0.3 is 0 Å². The highest BCUT2D eigenvalue weighted by Gasteiger charge is 2.18. The highest BCUT2D eigenvalue weighted by molar-refractivity contribution is 9.10. The average Bonchev–Trinajstić information content (AvgIpc) is 2.83. The molecule has 3 rings (SSSR count). The van der Waals surface area contributed by atoms with E-state index in [1.165, 1.54) is 42.6 Å². The van der Waals surface area contributed by atoms with Gasteiger partial charge in [-0.1, -0.05) is 15.9 Å². The van der Waals surface area contributed by atoms with Crippen LogP contribution in [0.5, 0.6) is 0 Å². The van der Waals surface area contributed by atoms with Crippen molar-refractivity contribution >= 4 is 32.6 Å². The number of carbonyl (C=O) groups is 1. The predicted octanol–water partition coefficient (Wildman–Crippen LogP) is 4.44. The van der Waals surface area contributed by atoms with Crippen LogP contribution in [0.4, 0.5) is 8.78 Å². The number of hydrogen-bond acceptors (Lipinski definition) is 1. The van der Waals surface area contributed by atoms with Crippen molar-refractivity contribution in [2.24, 2.45) is 0 Å². The molecule has 0 amide bonds. The average molecular weight is 336 g/mol. The van der Waals surface area contributed by atoms with E-state index in [0.717, 1.165) is 0 Å². The van der Waals surface area contributed by atoms with Gasteiger partial charge < -0.3 is 4.98 Å². The van der Waals surface area contributed by atoms with Crippen LogP contribution in [-0.2, 0) is 0 Å². The lowest BCUT2D eigenvalue weighted by atomic mass is 10.0. The van der Waals surface area contributed by atoms with Gasteiger partial charge in [0.25, 0.3) is 0 Å². The van der Waals surface area contributed by atoms with Crippen LogP contribution in [0.2, 0.25) is 0 Å². The number of hydrogen-bond donors (Lipinski definition) is 1. The normalized spacial score (nSPS) is 10.9. The van der Waals surface area contributed by atoms with Crippen molar-refractivity contribution in [2.45, 2.75) is 0 Å². The van der Waals surface area contributed by atoms with Gasteiger partial charge in [-0.05, 0) is 36.4 Å². The standard InChI is InChI=1S/C15H8BrF2NO/c16-8-1-4-13(18)11(5-8)15(20)12-7-19-14-6-9(17)2-3-10(12)14/h1-7,19H. The minimum absolute atomic E-state index is 0.0235. The largest absolute Gasteiger partial charge is 0.360 e.